The van der Waals surface area contributed by atoms with Gasteiger partial charge in [-0.05, 0) is 36.5 Å². The summed E-state index contributed by atoms with van der Waals surface area (Å²) in [6.07, 6.45) is 5.89. The van der Waals surface area contributed by atoms with Crippen LogP contribution < -0.4 is 0 Å². The average Bonchev–Trinajstić information content (AvgIpc) is 2.18. The van der Waals surface area contributed by atoms with E-state index < -0.39 is 11.6 Å². The molecule has 1 aromatic carbocycles. The van der Waals surface area contributed by atoms with E-state index in [1.54, 1.807) is 6.07 Å². The highest BCUT2D eigenvalue weighted by Gasteiger charge is 2.20. The fourth-order valence-electron chi connectivity index (χ4n) is 2.10. The summed E-state index contributed by atoms with van der Waals surface area (Å²) in [6, 6.07) is 4.16. The molecule has 0 aliphatic heterocycles. The van der Waals surface area contributed by atoms with Gasteiger partial charge in [0.25, 0.3) is 0 Å². The Morgan fingerprint density at radius 3 is 2.56 bits per heavy atom. The molecular formula is C13H15BrF2. The maximum Gasteiger partial charge on any atom is 0.159 e. The van der Waals surface area contributed by atoms with Crippen molar-refractivity contribution >= 4 is 15.9 Å². The largest absolute Gasteiger partial charge is 0.204 e. The van der Waals surface area contributed by atoms with E-state index in [9.17, 15) is 8.78 Å². The Balaban J connectivity index is 1.89. The maximum atomic E-state index is 13.0. The zero-order chi connectivity index (χ0) is 11.5. The van der Waals surface area contributed by atoms with Crippen molar-refractivity contribution in [2.75, 3.05) is 0 Å². The Kier molecular flexibility index (Phi) is 3.95. The first-order valence-corrected chi connectivity index (χ1v) is 6.64. The van der Waals surface area contributed by atoms with E-state index >= 15 is 0 Å². The molecule has 0 N–H and O–H groups in total. The molecule has 0 saturated heterocycles. The number of alkyl halides is 1. The molecule has 0 amide bonds. The van der Waals surface area contributed by atoms with Gasteiger partial charge in [0.15, 0.2) is 11.6 Å². The van der Waals surface area contributed by atoms with E-state index in [0.29, 0.717) is 4.83 Å². The van der Waals surface area contributed by atoms with Crippen molar-refractivity contribution in [2.45, 2.75) is 36.9 Å². The van der Waals surface area contributed by atoms with Gasteiger partial charge >= 0.3 is 0 Å². The van der Waals surface area contributed by atoms with E-state index in [0.717, 1.165) is 24.3 Å². The average molecular weight is 289 g/mol. The van der Waals surface area contributed by atoms with Crippen LogP contribution in [0.25, 0.3) is 0 Å². The van der Waals surface area contributed by atoms with Crippen LogP contribution in [-0.2, 0) is 6.42 Å². The van der Waals surface area contributed by atoms with Crippen LogP contribution in [0, 0.1) is 17.6 Å². The highest BCUT2D eigenvalue weighted by atomic mass is 79.9. The molecule has 0 radical (unpaired) electrons. The van der Waals surface area contributed by atoms with Crippen molar-refractivity contribution in [1.82, 2.24) is 0 Å². The third kappa shape index (κ3) is 3.03. The second-order valence-electron chi connectivity index (χ2n) is 4.58. The molecule has 1 unspecified atom stereocenters. The minimum Gasteiger partial charge on any atom is -0.204 e. The lowest BCUT2D eigenvalue weighted by Crippen LogP contribution is -2.17. The number of rotatable bonds is 4. The maximum absolute atomic E-state index is 13.0. The molecule has 1 fully saturated rings. The zero-order valence-electron chi connectivity index (χ0n) is 9.06. The Morgan fingerprint density at radius 2 is 2.00 bits per heavy atom. The zero-order valence-corrected chi connectivity index (χ0v) is 10.6. The molecule has 1 aliphatic carbocycles. The Labute approximate surface area is 103 Å². The molecule has 1 aliphatic rings. The van der Waals surface area contributed by atoms with Gasteiger partial charge in [0, 0.05) is 4.83 Å². The molecule has 0 heterocycles. The van der Waals surface area contributed by atoms with Crippen LogP contribution in [0.15, 0.2) is 18.2 Å². The van der Waals surface area contributed by atoms with Gasteiger partial charge in [-0.3, -0.25) is 0 Å². The minimum atomic E-state index is -0.770. The predicted octanol–water partition coefficient (Wildman–Crippen LogP) is 4.46. The monoisotopic (exact) mass is 288 g/mol. The van der Waals surface area contributed by atoms with Gasteiger partial charge in [-0.15, -0.1) is 0 Å². The van der Waals surface area contributed by atoms with Crippen LogP contribution >= 0.6 is 15.9 Å². The topological polar surface area (TPSA) is 0 Å². The van der Waals surface area contributed by atoms with Crippen molar-refractivity contribution in [3.63, 3.8) is 0 Å². The second-order valence-corrected chi connectivity index (χ2v) is 5.88. The van der Waals surface area contributed by atoms with Crippen molar-refractivity contribution in [3.8, 4) is 0 Å². The molecule has 16 heavy (non-hydrogen) atoms. The summed E-state index contributed by atoms with van der Waals surface area (Å²) in [5.41, 5.74) is 0.861. The normalized spacial score (nSPS) is 18.2. The highest BCUT2D eigenvalue weighted by Crippen LogP contribution is 2.33. The van der Waals surface area contributed by atoms with Crippen molar-refractivity contribution in [1.29, 1.82) is 0 Å². The third-order valence-corrected chi connectivity index (χ3v) is 3.95. The summed E-state index contributed by atoms with van der Waals surface area (Å²) in [7, 11) is 0. The SMILES string of the molecule is Fc1ccc(CC(Br)CC2CCC2)cc1F. The fraction of sp³-hybridized carbons (Fsp3) is 0.538. The summed E-state index contributed by atoms with van der Waals surface area (Å²) >= 11 is 3.62. The lowest BCUT2D eigenvalue weighted by atomic mass is 9.81. The van der Waals surface area contributed by atoms with Gasteiger partial charge in [0.1, 0.15) is 0 Å². The quantitative estimate of drug-likeness (QED) is 0.718. The summed E-state index contributed by atoms with van der Waals surface area (Å²) in [5.74, 6) is -0.690. The molecular weight excluding hydrogens is 274 g/mol. The Hall–Kier alpha value is -0.440. The van der Waals surface area contributed by atoms with Gasteiger partial charge in [-0.25, -0.2) is 8.78 Å². The van der Waals surface area contributed by atoms with Crippen molar-refractivity contribution in [2.24, 2.45) is 5.92 Å². The molecule has 2 rings (SSSR count). The van der Waals surface area contributed by atoms with E-state index in [-0.39, 0.29) is 0 Å². The van der Waals surface area contributed by atoms with E-state index in [1.807, 2.05) is 0 Å². The van der Waals surface area contributed by atoms with E-state index in [4.69, 9.17) is 0 Å². The first kappa shape index (κ1) is 12.0. The number of halogens is 3. The Morgan fingerprint density at radius 1 is 1.25 bits per heavy atom. The summed E-state index contributed by atoms with van der Waals surface area (Å²) in [6.45, 7) is 0. The summed E-state index contributed by atoms with van der Waals surface area (Å²) in [5, 5.41) is 0. The fourth-order valence-corrected chi connectivity index (χ4v) is 3.00. The number of benzene rings is 1. The van der Waals surface area contributed by atoms with Gasteiger partial charge in [-0.2, -0.15) is 0 Å². The molecule has 3 heteroatoms. The molecule has 1 atom stereocenters. The van der Waals surface area contributed by atoms with Gasteiger partial charge in [0.05, 0.1) is 0 Å². The van der Waals surface area contributed by atoms with E-state index in [1.165, 1.54) is 31.4 Å². The second kappa shape index (κ2) is 5.26. The van der Waals surface area contributed by atoms with Crippen LogP contribution in [-0.4, -0.2) is 4.83 Å². The van der Waals surface area contributed by atoms with Gasteiger partial charge < -0.3 is 0 Å². The minimum absolute atomic E-state index is 0.377. The number of hydrogen-bond donors (Lipinski definition) is 0. The number of hydrogen-bond acceptors (Lipinski definition) is 0. The summed E-state index contributed by atoms with van der Waals surface area (Å²) in [4.78, 5) is 0.377. The van der Waals surface area contributed by atoms with Crippen LogP contribution in [0.4, 0.5) is 8.78 Å². The van der Waals surface area contributed by atoms with E-state index in [2.05, 4.69) is 15.9 Å². The van der Waals surface area contributed by atoms with Gasteiger partial charge in [0.2, 0.25) is 0 Å². The lowest BCUT2D eigenvalue weighted by Gasteiger charge is -2.27. The predicted molar refractivity (Wildman–Crippen MR) is 64.7 cm³/mol. The van der Waals surface area contributed by atoms with Gasteiger partial charge in [-0.1, -0.05) is 41.3 Å². The molecule has 88 valence electrons. The highest BCUT2D eigenvalue weighted by molar-refractivity contribution is 9.09. The van der Waals surface area contributed by atoms with Crippen molar-refractivity contribution < 1.29 is 8.78 Å². The van der Waals surface area contributed by atoms with Crippen LogP contribution in [0.5, 0.6) is 0 Å². The lowest BCUT2D eigenvalue weighted by molar-refractivity contribution is 0.294. The standard InChI is InChI=1S/C13H15BrF2/c14-11(6-9-2-1-3-9)7-10-4-5-12(15)13(16)8-10/h4-5,8-9,11H,1-3,6-7H2. The molecule has 1 aromatic rings. The molecule has 0 aromatic heterocycles. The smallest absolute Gasteiger partial charge is 0.159 e. The molecule has 0 bridgehead atoms. The third-order valence-electron chi connectivity index (χ3n) is 3.26. The first-order valence-electron chi connectivity index (χ1n) is 5.73. The van der Waals surface area contributed by atoms with Crippen LogP contribution in [0.3, 0.4) is 0 Å². The molecule has 1 saturated carbocycles. The van der Waals surface area contributed by atoms with Crippen molar-refractivity contribution in [3.05, 3.63) is 35.4 Å². The summed E-state index contributed by atoms with van der Waals surface area (Å²) < 4.78 is 25.7. The molecule has 0 nitrogen and oxygen atoms in total. The first-order chi connectivity index (χ1) is 7.65. The Bertz CT molecular complexity index is 361. The molecule has 0 spiro atoms. The van der Waals surface area contributed by atoms with Crippen LogP contribution in [0.1, 0.15) is 31.2 Å². The van der Waals surface area contributed by atoms with Crippen LogP contribution in [0.2, 0.25) is 0 Å².